The number of para-hydroxylation sites is 1. The summed E-state index contributed by atoms with van der Waals surface area (Å²) in [6.07, 6.45) is 4.85. The van der Waals surface area contributed by atoms with E-state index in [2.05, 4.69) is 10.5 Å². The number of methoxy groups -OCH3 is 1. The number of rotatable bonds is 3. The van der Waals surface area contributed by atoms with E-state index < -0.39 is 0 Å². The summed E-state index contributed by atoms with van der Waals surface area (Å²) >= 11 is 1.81. The highest BCUT2D eigenvalue weighted by molar-refractivity contribution is 7.17. The van der Waals surface area contributed by atoms with Gasteiger partial charge in [-0.3, -0.25) is 4.40 Å². The van der Waals surface area contributed by atoms with E-state index in [4.69, 9.17) is 15.5 Å². The highest BCUT2D eigenvalue weighted by atomic mass is 32.1. The second-order valence-electron chi connectivity index (χ2n) is 5.61. The Morgan fingerprint density at radius 3 is 2.91 bits per heavy atom. The van der Waals surface area contributed by atoms with Crippen LogP contribution in [0.1, 0.15) is 29.1 Å². The molecule has 2 aromatic heterocycles. The number of hydrogen-bond donors (Lipinski definition) is 1. The van der Waals surface area contributed by atoms with Gasteiger partial charge in [-0.25, -0.2) is 4.98 Å². The molecule has 0 aliphatic heterocycles. The molecular formula is C17H19N3OS. The van der Waals surface area contributed by atoms with E-state index in [1.165, 1.54) is 29.8 Å². The molecule has 1 aromatic carbocycles. The Bertz CT molecular complexity index is 834. The van der Waals surface area contributed by atoms with Gasteiger partial charge in [-0.15, -0.1) is 11.3 Å². The number of aromatic nitrogens is 2. The molecule has 0 amide bonds. The van der Waals surface area contributed by atoms with Crippen LogP contribution in [0.2, 0.25) is 0 Å². The summed E-state index contributed by atoms with van der Waals surface area (Å²) < 4.78 is 7.79. The molecular weight excluding hydrogens is 294 g/mol. The van der Waals surface area contributed by atoms with Gasteiger partial charge in [0.05, 0.1) is 18.5 Å². The molecule has 0 saturated heterocycles. The fourth-order valence-corrected chi connectivity index (χ4v) is 4.57. The third-order valence-electron chi connectivity index (χ3n) is 4.37. The molecule has 0 saturated carbocycles. The molecule has 0 bridgehead atoms. The van der Waals surface area contributed by atoms with Gasteiger partial charge in [-0.05, 0) is 37.8 Å². The molecule has 22 heavy (non-hydrogen) atoms. The Hall–Kier alpha value is -1.85. The minimum atomic E-state index is 0.484. The Morgan fingerprint density at radius 1 is 1.27 bits per heavy atom. The molecule has 2 N–H and O–H groups in total. The number of fused-ring (bicyclic) bond motifs is 3. The lowest BCUT2D eigenvalue weighted by atomic mass is 10.0. The van der Waals surface area contributed by atoms with E-state index in [1.54, 1.807) is 7.11 Å². The second-order valence-corrected chi connectivity index (χ2v) is 6.67. The summed E-state index contributed by atoms with van der Waals surface area (Å²) in [5, 5.41) is 0. The highest BCUT2D eigenvalue weighted by Crippen LogP contribution is 2.37. The molecule has 2 heterocycles. The number of benzene rings is 1. The predicted octanol–water partition coefficient (Wildman–Crippen LogP) is 3.41. The maximum Gasteiger partial charge on any atom is 0.194 e. The number of nitrogens with zero attached hydrogens (tertiary/aromatic N) is 2. The molecule has 4 rings (SSSR count). The van der Waals surface area contributed by atoms with Gasteiger partial charge < -0.3 is 10.5 Å². The maximum absolute atomic E-state index is 6.09. The molecule has 5 heteroatoms. The summed E-state index contributed by atoms with van der Waals surface area (Å²) in [4.78, 5) is 7.43. The quantitative estimate of drug-likeness (QED) is 0.806. The van der Waals surface area contributed by atoms with Gasteiger partial charge in [0.15, 0.2) is 4.96 Å². The molecule has 114 valence electrons. The van der Waals surface area contributed by atoms with E-state index in [9.17, 15) is 0 Å². The number of imidazole rings is 1. The first-order chi connectivity index (χ1) is 10.8. The molecule has 0 fully saturated rings. The molecule has 0 spiro atoms. The normalized spacial score (nSPS) is 14.3. The lowest BCUT2D eigenvalue weighted by Crippen LogP contribution is -2.08. The molecule has 0 unspecified atom stereocenters. The number of nitrogens with two attached hydrogens (primary N) is 1. The topological polar surface area (TPSA) is 52.5 Å². The zero-order valence-corrected chi connectivity index (χ0v) is 13.4. The Morgan fingerprint density at radius 2 is 2.09 bits per heavy atom. The van der Waals surface area contributed by atoms with E-state index in [1.807, 2.05) is 29.5 Å². The molecule has 1 aliphatic carbocycles. The van der Waals surface area contributed by atoms with Crippen molar-refractivity contribution in [2.24, 2.45) is 5.73 Å². The lowest BCUT2D eigenvalue weighted by molar-refractivity contribution is 0.416. The van der Waals surface area contributed by atoms with Crippen molar-refractivity contribution in [1.82, 2.24) is 9.38 Å². The van der Waals surface area contributed by atoms with Crippen LogP contribution in [0.4, 0.5) is 0 Å². The first-order valence-electron chi connectivity index (χ1n) is 7.68. The minimum Gasteiger partial charge on any atom is -0.496 e. The van der Waals surface area contributed by atoms with Crippen molar-refractivity contribution in [3.05, 3.63) is 40.5 Å². The fraction of sp³-hybridized carbons (Fsp3) is 0.353. The SMILES string of the molecule is COc1ccccc1-c1nc2sc3c(n2c1CN)CCCC3. The first kappa shape index (κ1) is 13.8. The largest absolute Gasteiger partial charge is 0.496 e. The van der Waals surface area contributed by atoms with Crippen LogP contribution in [0, 0.1) is 0 Å². The predicted molar refractivity (Wildman–Crippen MR) is 89.6 cm³/mol. The average molecular weight is 313 g/mol. The van der Waals surface area contributed by atoms with Gasteiger partial charge in [0.2, 0.25) is 0 Å². The molecule has 4 nitrogen and oxygen atoms in total. The zero-order valence-electron chi connectivity index (χ0n) is 12.6. The molecule has 3 aromatic rings. The highest BCUT2D eigenvalue weighted by Gasteiger charge is 2.23. The maximum atomic E-state index is 6.09. The Kier molecular flexibility index (Phi) is 3.39. The van der Waals surface area contributed by atoms with Crippen molar-refractivity contribution in [2.45, 2.75) is 32.2 Å². The fourth-order valence-electron chi connectivity index (χ4n) is 3.34. The number of hydrogen-bond acceptors (Lipinski definition) is 4. The van der Waals surface area contributed by atoms with Crippen LogP contribution < -0.4 is 10.5 Å². The Balaban J connectivity index is 1.97. The van der Waals surface area contributed by atoms with Crippen molar-refractivity contribution >= 4 is 16.3 Å². The monoisotopic (exact) mass is 313 g/mol. The number of aryl methyl sites for hydroxylation is 2. The third kappa shape index (κ3) is 1.96. The van der Waals surface area contributed by atoms with Crippen LogP contribution in [-0.4, -0.2) is 16.5 Å². The summed E-state index contributed by atoms with van der Waals surface area (Å²) in [6, 6.07) is 8.02. The van der Waals surface area contributed by atoms with Gasteiger partial charge in [0.1, 0.15) is 5.75 Å². The second kappa shape index (κ2) is 5.41. The van der Waals surface area contributed by atoms with Crippen molar-refractivity contribution < 1.29 is 4.74 Å². The van der Waals surface area contributed by atoms with Crippen molar-refractivity contribution in [3.63, 3.8) is 0 Å². The minimum absolute atomic E-state index is 0.484. The van der Waals surface area contributed by atoms with Crippen molar-refractivity contribution in [2.75, 3.05) is 7.11 Å². The average Bonchev–Trinajstić information content (AvgIpc) is 3.10. The van der Waals surface area contributed by atoms with E-state index in [0.717, 1.165) is 34.1 Å². The van der Waals surface area contributed by atoms with E-state index >= 15 is 0 Å². The summed E-state index contributed by atoms with van der Waals surface area (Å²) in [7, 11) is 1.70. The van der Waals surface area contributed by atoms with Gasteiger partial charge in [-0.1, -0.05) is 12.1 Å². The van der Waals surface area contributed by atoms with Crippen LogP contribution in [0.5, 0.6) is 5.75 Å². The van der Waals surface area contributed by atoms with Gasteiger partial charge in [-0.2, -0.15) is 0 Å². The third-order valence-corrected chi connectivity index (χ3v) is 5.51. The van der Waals surface area contributed by atoms with Crippen molar-refractivity contribution in [3.8, 4) is 17.0 Å². The van der Waals surface area contributed by atoms with E-state index in [-0.39, 0.29) is 0 Å². The molecule has 0 atom stereocenters. The number of thiazole rings is 1. The molecule has 1 aliphatic rings. The van der Waals surface area contributed by atoms with Crippen LogP contribution in [-0.2, 0) is 19.4 Å². The smallest absolute Gasteiger partial charge is 0.194 e. The Labute approximate surface area is 133 Å². The van der Waals surface area contributed by atoms with Gasteiger partial charge in [0, 0.05) is 22.7 Å². The van der Waals surface area contributed by atoms with E-state index in [0.29, 0.717) is 6.54 Å². The zero-order chi connectivity index (χ0) is 15.1. The van der Waals surface area contributed by atoms with Crippen molar-refractivity contribution in [1.29, 1.82) is 0 Å². The van der Waals surface area contributed by atoms with Crippen LogP contribution in [0.25, 0.3) is 16.2 Å². The first-order valence-corrected chi connectivity index (χ1v) is 8.50. The summed E-state index contributed by atoms with van der Waals surface area (Å²) in [6.45, 7) is 0.484. The lowest BCUT2D eigenvalue weighted by Gasteiger charge is -2.12. The van der Waals surface area contributed by atoms with Gasteiger partial charge in [0.25, 0.3) is 0 Å². The van der Waals surface area contributed by atoms with Gasteiger partial charge >= 0.3 is 0 Å². The van der Waals surface area contributed by atoms with Crippen LogP contribution in [0.15, 0.2) is 24.3 Å². The summed E-state index contributed by atoms with van der Waals surface area (Å²) in [5.74, 6) is 0.844. The standard InChI is InChI=1S/C17H19N3OS/c1-21-14-8-4-2-6-11(14)16-13(10-18)20-12-7-3-5-9-15(12)22-17(20)19-16/h2,4,6,8H,3,5,7,9-10,18H2,1H3. The molecule has 0 radical (unpaired) electrons. The van der Waals surface area contributed by atoms with Crippen LogP contribution >= 0.6 is 11.3 Å². The number of ether oxygens (including phenoxy) is 1. The van der Waals surface area contributed by atoms with Crippen LogP contribution in [0.3, 0.4) is 0 Å². The summed E-state index contributed by atoms with van der Waals surface area (Å²) in [5.41, 5.74) is 10.6.